The average molecular weight is 439 g/mol. The van der Waals surface area contributed by atoms with E-state index in [1.165, 1.54) is 35.6 Å². The number of sulfonamides is 1. The number of methoxy groups -OCH3 is 1. The van der Waals surface area contributed by atoms with Gasteiger partial charge in [-0.2, -0.15) is 0 Å². The van der Waals surface area contributed by atoms with Crippen LogP contribution in [0.5, 0.6) is 5.75 Å². The zero-order valence-electron chi connectivity index (χ0n) is 17.8. The number of anilines is 1. The van der Waals surface area contributed by atoms with E-state index in [0.29, 0.717) is 24.2 Å². The van der Waals surface area contributed by atoms with Gasteiger partial charge in [-0.05, 0) is 61.4 Å². The lowest BCUT2D eigenvalue weighted by molar-refractivity contribution is 0.0954. The van der Waals surface area contributed by atoms with Crippen molar-refractivity contribution in [1.82, 2.24) is 5.32 Å². The fourth-order valence-corrected chi connectivity index (χ4v) is 4.42. The van der Waals surface area contributed by atoms with Crippen LogP contribution in [0.15, 0.2) is 77.7 Å². The first kappa shape index (κ1) is 22.4. The summed E-state index contributed by atoms with van der Waals surface area (Å²) in [5, 5.41) is 2.87. The molecule has 0 aliphatic rings. The maximum atomic E-state index is 12.8. The Balaban J connectivity index is 1.64. The number of carbonyl (C=O) groups is 1. The fourth-order valence-electron chi connectivity index (χ4n) is 3.23. The summed E-state index contributed by atoms with van der Waals surface area (Å²) in [5.74, 6) is 0.531. The molecule has 0 atom stereocenters. The van der Waals surface area contributed by atoms with E-state index in [-0.39, 0.29) is 10.8 Å². The van der Waals surface area contributed by atoms with Crippen LogP contribution in [-0.4, -0.2) is 35.0 Å². The molecule has 1 amide bonds. The molecular weight excluding hydrogens is 412 g/mol. The molecular formula is C24H26N2O4S. The van der Waals surface area contributed by atoms with Gasteiger partial charge >= 0.3 is 0 Å². The summed E-state index contributed by atoms with van der Waals surface area (Å²) in [4.78, 5) is 12.6. The molecule has 0 saturated carbocycles. The van der Waals surface area contributed by atoms with Crippen LogP contribution in [0.2, 0.25) is 0 Å². The summed E-state index contributed by atoms with van der Waals surface area (Å²) in [6, 6.07) is 20.7. The van der Waals surface area contributed by atoms with Gasteiger partial charge in [-0.15, -0.1) is 0 Å². The number of carbonyl (C=O) groups excluding carboxylic acids is 1. The number of hydrogen-bond donors (Lipinski definition) is 1. The number of aryl methyl sites for hydroxylation is 1. The molecule has 0 saturated heterocycles. The number of nitrogens with zero attached hydrogens (tertiary/aromatic N) is 1. The van der Waals surface area contributed by atoms with Crippen molar-refractivity contribution in [1.29, 1.82) is 0 Å². The van der Waals surface area contributed by atoms with Crippen LogP contribution in [-0.2, 0) is 16.4 Å². The molecule has 0 spiro atoms. The number of hydrogen-bond acceptors (Lipinski definition) is 4. The maximum absolute atomic E-state index is 12.8. The normalized spacial score (nSPS) is 11.1. The van der Waals surface area contributed by atoms with E-state index in [0.717, 1.165) is 16.9 Å². The fraction of sp³-hybridized carbons (Fsp3) is 0.208. The Kier molecular flexibility index (Phi) is 6.97. The van der Waals surface area contributed by atoms with Crippen molar-refractivity contribution in [2.45, 2.75) is 18.2 Å². The molecule has 31 heavy (non-hydrogen) atoms. The van der Waals surface area contributed by atoms with Crippen molar-refractivity contribution in [3.63, 3.8) is 0 Å². The Morgan fingerprint density at radius 3 is 2.32 bits per heavy atom. The second-order valence-corrected chi connectivity index (χ2v) is 9.12. The molecule has 0 aromatic heterocycles. The second kappa shape index (κ2) is 9.66. The topological polar surface area (TPSA) is 75.7 Å². The van der Waals surface area contributed by atoms with Crippen LogP contribution >= 0.6 is 0 Å². The van der Waals surface area contributed by atoms with Gasteiger partial charge < -0.3 is 10.1 Å². The number of benzene rings is 3. The summed E-state index contributed by atoms with van der Waals surface area (Å²) in [6.07, 6.45) is 0.630. The molecule has 0 aliphatic heterocycles. The number of ether oxygens (including phenoxy) is 1. The van der Waals surface area contributed by atoms with E-state index in [4.69, 9.17) is 4.74 Å². The minimum absolute atomic E-state index is 0.125. The summed E-state index contributed by atoms with van der Waals surface area (Å²) < 4.78 is 32.3. The van der Waals surface area contributed by atoms with E-state index < -0.39 is 10.0 Å². The maximum Gasteiger partial charge on any atom is 0.264 e. The molecule has 1 N–H and O–H groups in total. The van der Waals surface area contributed by atoms with Crippen molar-refractivity contribution in [2.24, 2.45) is 0 Å². The van der Waals surface area contributed by atoms with Crippen LogP contribution in [0.1, 0.15) is 21.5 Å². The molecule has 0 radical (unpaired) electrons. The molecule has 0 fully saturated rings. The van der Waals surface area contributed by atoms with Gasteiger partial charge in [0, 0.05) is 19.2 Å². The SMILES string of the molecule is COc1ccc(C)cc1CCNC(=O)c1ccc(S(=O)(=O)N(C)c2ccccc2)cc1. The Hall–Kier alpha value is -3.32. The van der Waals surface area contributed by atoms with E-state index in [2.05, 4.69) is 5.32 Å². The molecule has 3 aromatic rings. The van der Waals surface area contributed by atoms with Crippen LogP contribution < -0.4 is 14.4 Å². The van der Waals surface area contributed by atoms with Gasteiger partial charge in [0.25, 0.3) is 15.9 Å². The lowest BCUT2D eigenvalue weighted by atomic mass is 10.1. The number of rotatable bonds is 8. The van der Waals surface area contributed by atoms with Gasteiger partial charge in [0.2, 0.25) is 0 Å². The third-order valence-electron chi connectivity index (χ3n) is 5.01. The van der Waals surface area contributed by atoms with E-state index in [9.17, 15) is 13.2 Å². The summed E-state index contributed by atoms with van der Waals surface area (Å²) >= 11 is 0. The van der Waals surface area contributed by atoms with Gasteiger partial charge in [-0.1, -0.05) is 35.9 Å². The first-order valence-electron chi connectivity index (χ1n) is 9.88. The third-order valence-corrected chi connectivity index (χ3v) is 6.81. The minimum Gasteiger partial charge on any atom is -0.496 e. The molecule has 0 bridgehead atoms. The highest BCUT2D eigenvalue weighted by atomic mass is 32.2. The van der Waals surface area contributed by atoms with Crippen molar-refractivity contribution < 1.29 is 17.9 Å². The lowest BCUT2D eigenvalue weighted by Crippen LogP contribution is -2.27. The van der Waals surface area contributed by atoms with Gasteiger partial charge in [-0.25, -0.2) is 8.42 Å². The number of para-hydroxylation sites is 1. The van der Waals surface area contributed by atoms with Crippen molar-refractivity contribution in [2.75, 3.05) is 25.0 Å². The minimum atomic E-state index is -3.71. The van der Waals surface area contributed by atoms with Gasteiger partial charge in [0.15, 0.2) is 0 Å². The van der Waals surface area contributed by atoms with Crippen molar-refractivity contribution >= 4 is 21.6 Å². The van der Waals surface area contributed by atoms with Crippen molar-refractivity contribution in [3.05, 3.63) is 89.5 Å². The molecule has 7 heteroatoms. The second-order valence-electron chi connectivity index (χ2n) is 7.15. The van der Waals surface area contributed by atoms with Crippen LogP contribution in [0, 0.1) is 6.92 Å². The predicted molar refractivity (Wildman–Crippen MR) is 122 cm³/mol. The molecule has 0 unspecified atom stereocenters. The summed E-state index contributed by atoms with van der Waals surface area (Å²) in [6.45, 7) is 2.45. The first-order valence-corrected chi connectivity index (χ1v) is 11.3. The van der Waals surface area contributed by atoms with E-state index in [1.54, 1.807) is 31.4 Å². The summed E-state index contributed by atoms with van der Waals surface area (Å²) in [5.41, 5.74) is 3.11. The monoisotopic (exact) mass is 438 g/mol. The van der Waals surface area contributed by atoms with Gasteiger partial charge in [0.1, 0.15) is 5.75 Å². The number of amides is 1. The summed E-state index contributed by atoms with van der Waals surface area (Å²) in [7, 11) is -0.584. The Labute approximate surface area is 183 Å². The Morgan fingerprint density at radius 1 is 1.00 bits per heavy atom. The molecule has 0 aliphatic carbocycles. The molecule has 162 valence electrons. The highest BCUT2D eigenvalue weighted by molar-refractivity contribution is 7.92. The highest BCUT2D eigenvalue weighted by Gasteiger charge is 2.21. The predicted octanol–water partition coefficient (Wildman–Crippen LogP) is 3.80. The Bertz CT molecular complexity index is 1140. The number of nitrogens with one attached hydrogen (secondary N) is 1. The third kappa shape index (κ3) is 5.24. The van der Waals surface area contributed by atoms with E-state index in [1.807, 2.05) is 31.2 Å². The Morgan fingerprint density at radius 2 is 1.68 bits per heavy atom. The largest absolute Gasteiger partial charge is 0.496 e. The standard InChI is InChI=1S/C24H26N2O4S/c1-18-9-14-23(30-3)20(17-18)15-16-25-24(27)19-10-12-22(13-11-19)31(28,29)26(2)21-7-5-4-6-8-21/h4-14,17H,15-16H2,1-3H3,(H,25,27). The van der Waals surface area contributed by atoms with Gasteiger partial charge in [0.05, 0.1) is 17.7 Å². The zero-order valence-corrected chi connectivity index (χ0v) is 18.6. The first-order chi connectivity index (χ1) is 14.8. The smallest absolute Gasteiger partial charge is 0.264 e. The molecule has 6 nitrogen and oxygen atoms in total. The van der Waals surface area contributed by atoms with E-state index >= 15 is 0 Å². The van der Waals surface area contributed by atoms with Crippen LogP contribution in [0.3, 0.4) is 0 Å². The molecule has 3 aromatic carbocycles. The molecule has 0 heterocycles. The van der Waals surface area contributed by atoms with Gasteiger partial charge in [-0.3, -0.25) is 9.10 Å². The van der Waals surface area contributed by atoms with Crippen LogP contribution in [0.4, 0.5) is 5.69 Å². The lowest BCUT2D eigenvalue weighted by Gasteiger charge is -2.19. The highest BCUT2D eigenvalue weighted by Crippen LogP contribution is 2.22. The average Bonchev–Trinajstić information content (AvgIpc) is 2.79. The van der Waals surface area contributed by atoms with Crippen molar-refractivity contribution in [3.8, 4) is 5.75 Å². The molecule has 3 rings (SSSR count). The quantitative estimate of drug-likeness (QED) is 0.580. The zero-order chi connectivity index (χ0) is 22.4. The van der Waals surface area contributed by atoms with Crippen LogP contribution in [0.25, 0.3) is 0 Å².